The number of rotatable bonds is 2. The summed E-state index contributed by atoms with van der Waals surface area (Å²) in [5, 5.41) is 11.0. The topological polar surface area (TPSA) is 57.2 Å². The van der Waals surface area contributed by atoms with E-state index >= 15 is 0 Å². The number of allylic oxidation sites excluding steroid dienone is 4. The second-order valence-electron chi connectivity index (χ2n) is 9.90. The van der Waals surface area contributed by atoms with Crippen molar-refractivity contribution in [1.82, 2.24) is 0 Å². The predicted octanol–water partition coefficient (Wildman–Crippen LogP) is 2.40. The van der Waals surface area contributed by atoms with Gasteiger partial charge in [0.1, 0.15) is 18.3 Å². The fraction of sp³-hybridized carbons (Fsp3) is 0.818. The van der Waals surface area contributed by atoms with E-state index in [4.69, 9.17) is 18.9 Å². The molecule has 0 spiro atoms. The van der Waals surface area contributed by atoms with Gasteiger partial charge < -0.3 is 24.1 Å². The Hall–Kier alpha value is -0.720. The second-order valence-corrected chi connectivity index (χ2v) is 9.90. The molecule has 7 rings (SSSR count). The van der Waals surface area contributed by atoms with E-state index in [1.807, 2.05) is 0 Å². The van der Waals surface area contributed by atoms with Crippen molar-refractivity contribution in [3.8, 4) is 0 Å². The van der Waals surface area contributed by atoms with Gasteiger partial charge in [0.05, 0.1) is 12.2 Å². The quantitative estimate of drug-likeness (QED) is 0.755. The molecule has 4 bridgehead atoms. The summed E-state index contributed by atoms with van der Waals surface area (Å²) in [7, 11) is 0. The maximum atomic E-state index is 11.0. The minimum absolute atomic E-state index is 0.0726. The second kappa shape index (κ2) is 5.67. The molecule has 3 saturated carbocycles. The molecular weight excluding hydrogens is 344 g/mol. The van der Waals surface area contributed by atoms with Crippen LogP contribution in [-0.2, 0) is 18.9 Å². The van der Waals surface area contributed by atoms with Crippen molar-refractivity contribution in [2.24, 2.45) is 35.5 Å². The Kier molecular flexibility index (Phi) is 3.38. The zero-order valence-corrected chi connectivity index (χ0v) is 15.4. The van der Waals surface area contributed by atoms with E-state index in [9.17, 15) is 5.11 Å². The van der Waals surface area contributed by atoms with Gasteiger partial charge in [0.15, 0.2) is 12.6 Å². The Morgan fingerprint density at radius 1 is 0.593 bits per heavy atom. The van der Waals surface area contributed by atoms with Crippen molar-refractivity contribution < 1.29 is 24.1 Å². The molecule has 1 N–H and O–H groups in total. The summed E-state index contributed by atoms with van der Waals surface area (Å²) in [5.41, 5.74) is 0. The molecule has 146 valence electrons. The normalized spacial score (nSPS) is 62.5. The van der Waals surface area contributed by atoms with E-state index < -0.39 is 6.10 Å². The van der Waals surface area contributed by atoms with E-state index in [0.717, 1.165) is 19.3 Å². The number of ether oxygens (including phenoxy) is 4. The van der Waals surface area contributed by atoms with Gasteiger partial charge in [-0.25, -0.2) is 0 Å². The highest BCUT2D eigenvalue weighted by molar-refractivity contribution is 5.13. The van der Waals surface area contributed by atoms with Crippen LogP contribution < -0.4 is 0 Å². The molecule has 27 heavy (non-hydrogen) atoms. The largest absolute Gasteiger partial charge is 0.387 e. The molecule has 7 aliphatic rings. The van der Waals surface area contributed by atoms with Gasteiger partial charge >= 0.3 is 0 Å². The van der Waals surface area contributed by atoms with Crippen LogP contribution in [0.5, 0.6) is 0 Å². The molecule has 0 amide bonds. The molecule has 0 aromatic carbocycles. The monoisotopic (exact) mass is 372 g/mol. The van der Waals surface area contributed by atoms with Crippen LogP contribution in [-0.4, -0.2) is 48.2 Å². The Balaban J connectivity index is 1.05. The lowest BCUT2D eigenvalue weighted by atomic mass is 9.87. The van der Waals surface area contributed by atoms with Crippen molar-refractivity contribution in [3.05, 3.63) is 24.3 Å². The van der Waals surface area contributed by atoms with Gasteiger partial charge in [-0.3, -0.25) is 0 Å². The zero-order chi connectivity index (χ0) is 17.7. The molecule has 2 heterocycles. The number of hydrogen-bond acceptors (Lipinski definition) is 5. The predicted molar refractivity (Wildman–Crippen MR) is 95.4 cm³/mol. The molecule has 9 unspecified atom stereocenters. The highest BCUT2D eigenvalue weighted by Gasteiger charge is 2.58. The van der Waals surface area contributed by atoms with Crippen molar-refractivity contribution >= 4 is 0 Å². The van der Waals surface area contributed by atoms with Crippen LogP contribution >= 0.6 is 0 Å². The molecule has 13 atom stereocenters. The highest BCUT2D eigenvalue weighted by atomic mass is 16.8. The minimum atomic E-state index is -0.660. The van der Waals surface area contributed by atoms with Gasteiger partial charge in [0.2, 0.25) is 0 Å². The Labute approximate surface area is 159 Å². The van der Waals surface area contributed by atoms with Gasteiger partial charge in [0.25, 0.3) is 0 Å². The summed E-state index contributed by atoms with van der Waals surface area (Å²) in [4.78, 5) is 0. The lowest BCUT2D eigenvalue weighted by molar-refractivity contribution is -0.149. The molecule has 2 aliphatic heterocycles. The SMILES string of the molecule is OC1[C@@H]2OC(C3CC4C=CC3C4)O[C@H]2C[C@H]2OC(C3CC4C=CC3C4)O[C@@H]12. The average Bonchev–Trinajstić information content (AvgIpc) is 3.50. The summed E-state index contributed by atoms with van der Waals surface area (Å²) in [6, 6.07) is 0. The molecule has 5 heteroatoms. The Bertz CT molecular complexity index is 634. The van der Waals surface area contributed by atoms with Crippen LogP contribution in [0.15, 0.2) is 24.3 Å². The first-order valence-corrected chi connectivity index (χ1v) is 10.9. The van der Waals surface area contributed by atoms with Gasteiger partial charge in [-0.05, 0) is 49.4 Å². The number of aliphatic hydroxyl groups excluding tert-OH is 1. The molecule has 2 saturated heterocycles. The smallest absolute Gasteiger partial charge is 0.162 e. The highest BCUT2D eigenvalue weighted by Crippen LogP contribution is 2.51. The van der Waals surface area contributed by atoms with Crippen LogP contribution in [0, 0.1) is 35.5 Å². The lowest BCUT2D eigenvalue weighted by Gasteiger charge is -2.34. The van der Waals surface area contributed by atoms with Crippen molar-refractivity contribution in [1.29, 1.82) is 0 Å². The zero-order valence-electron chi connectivity index (χ0n) is 15.4. The molecule has 0 aromatic rings. The van der Waals surface area contributed by atoms with E-state index in [0.29, 0.717) is 35.5 Å². The molecule has 0 radical (unpaired) electrons. The summed E-state index contributed by atoms with van der Waals surface area (Å²) >= 11 is 0. The first-order valence-electron chi connectivity index (χ1n) is 10.9. The first-order chi connectivity index (χ1) is 13.2. The van der Waals surface area contributed by atoms with Crippen LogP contribution in [0.4, 0.5) is 0 Å². The van der Waals surface area contributed by atoms with Crippen molar-refractivity contribution in [3.63, 3.8) is 0 Å². The van der Waals surface area contributed by atoms with Crippen LogP contribution in [0.2, 0.25) is 0 Å². The Morgan fingerprint density at radius 2 is 1.11 bits per heavy atom. The van der Waals surface area contributed by atoms with E-state index in [2.05, 4.69) is 24.3 Å². The van der Waals surface area contributed by atoms with E-state index in [1.165, 1.54) is 12.8 Å². The van der Waals surface area contributed by atoms with Crippen molar-refractivity contribution in [2.75, 3.05) is 0 Å². The summed E-state index contributed by atoms with van der Waals surface area (Å²) in [5.74, 6) is 3.44. The maximum Gasteiger partial charge on any atom is 0.162 e. The number of fused-ring (bicyclic) bond motifs is 6. The van der Waals surface area contributed by atoms with E-state index in [-0.39, 0.29) is 37.0 Å². The third-order valence-corrected chi connectivity index (χ3v) is 8.43. The fourth-order valence-corrected chi connectivity index (χ4v) is 7.12. The Morgan fingerprint density at radius 3 is 1.52 bits per heavy atom. The average molecular weight is 372 g/mol. The lowest BCUT2D eigenvalue weighted by Crippen LogP contribution is -2.53. The number of aliphatic hydroxyl groups is 1. The summed E-state index contributed by atoms with van der Waals surface area (Å²) in [6.07, 6.45) is 13.2. The molecule has 5 aliphatic carbocycles. The summed E-state index contributed by atoms with van der Waals surface area (Å²) < 4.78 is 25.2. The molecule has 0 aromatic heterocycles. The molecule has 5 fully saturated rings. The maximum absolute atomic E-state index is 11.0. The van der Waals surface area contributed by atoms with Gasteiger partial charge in [0, 0.05) is 18.3 Å². The van der Waals surface area contributed by atoms with Crippen molar-refractivity contribution in [2.45, 2.75) is 75.2 Å². The standard InChI is InChI=1S/C22H28O5/c23-18-19-16(24-21(26-19)14-7-10-1-3-12(14)5-10)9-17-20(18)27-22(25-17)15-8-11-2-4-13(15)6-11/h1-4,10-23H,5-9H2/t10?,11?,12?,13?,14?,15?,16-,17+,18?,19-,20-,21?,22?/m1/s1. The minimum Gasteiger partial charge on any atom is -0.387 e. The van der Waals surface area contributed by atoms with Crippen LogP contribution in [0.25, 0.3) is 0 Å². The summed E-state index contributed by atoms with van der Waals surface area (Å²) in [6.45, 7) is 0. The molecular formula is C22H28O5. The van der Waals surface area contributed by atoms with Gasteiger partial charge in [-0.15, -0.1) is 0 Å². The van der Waals surface area contributed by atoms with Gasteiger partial charge in [-0.2, -0.15) is 0 Å². The fourth-order valence-electron chi connectivity index (χ4n) is 7.12. The number of hydrogen-bond donors (Lipinski definition) is 1. The first kappa shape index (κ1) is 16.1. The van der Waals surface area contributed by atoms with Crippen LogP contribution in [0.3, 0.4) is 0 Å². The molecule has 5 nitrogen and oxygen atoms in total. The van der Waals surface area contributed by atoms with Gasteiger partial charge in [-0.1, -0.05) is 24.3 Å². The third kappa shape index (κ3) is 2.29. The third-order valence-electron chi connectivity index (χ3n) is 8.43. The van der Waals surface area contributed by atoms with Crippen LogP contribution in [0.1, 0.15) is 32.1 Å². The van der Waals surface area contributed by atoms with E-state index in [1.54, 1.807) is 0 Å².